The van der Waals surface area contributed by atoms with E-state index in [4.69, 9.17) is 33.8 Å². The minimum atomic E-state index is -1.91. The maximum absolute atomic E-state index is 15.1. The molecule has 0 spiro atoms. The van der Waals surface area contributed by atoms with Crippen LogP contribution >= 0.6 is 12.6 Å². The Bertz CT molecular complexity index is 3530. The third kappa shape index (κ3) is 26.4. The van der Waals surface area contributed by atoms with Gasteiger partial charge in [-0.25, -0.2) is 9.78 Å². The number of aromatic nitrogens is 3. The maximum atomic E-state index is 15.1. The summed E-state index contributed by atoms with van der Waals surface area (Å²) >= 11 is 3.96. The zero-order valence-corrected chi connectivity index (χ0v) is 54.8. The lowest BCUT2D eigenvalue weighted by Gasteiger charge is -2.28. The fourth-order valence-electron chi connectivity index (χ4n) is 10.1. The molecule has 9 amide bonds. The van der Waals surface area contributed by atoms with Gasteiger partial charge in [-0.3, -0.25) is 58.8 Å². The first kappa shape index (κ1) is 77.9. The Morgan fingerprint density at radius 1 is 0.531 bits per heavy atom. The van der Waals surface area contributed by atoms with Crippen molar-refractivity contribution < 1.29 is 68.1 Å². The van der Waals surface area contributed by atoms with Gasteiger partial charge < -0.3 is 107 Å². The molecule has 5 aromatic rings. The lowest BCUT2D eigenvalue weighted by molar-refractivity contribution is -0.141. The molecular weight excluding hydrogens is 1290 g/mol. The van der Waals surface area contributed by atoms with Crippen LogP contribution in [0.2, 0.25) is 0 Å². The van der Waals surface area contributed by atoms with Crippen molar-refractivity contribution in [2.75, 3.05) is 25.4 Å². The van der Waals surface area contributed by atoms with Crippen LogP contribution in [0.5, 0.6) is 5.75 Å². The van der Waals surface area contributed by atoms with Crippen molar-refractivity contribution in [1.29, 1.82) is 10.8 Å². The molecule has 0 aliphatic heterocycles. The summed E-state index contributed by atoms with van der Waals surface area (Å²) in [6, 6.07) is 6.25. The Hall–Kier alpha value is -10.8. The number of nitrogens with one attached hydrogen (secondary N) is 15. The number of nitrogens with two attached hydrogens (primary N) is 4. The number of para-hydroxylation sites is 1. The fraction of sp³-hybridized carbons (Fsp3) is 0.429. The molecule has 0 bridgehead atoms. The molecule has 10 atom stereocenters. The number of amides is 9. The summed E-state index contributed by atoms with van der Waals surface area (Å²) in [5.74, 6) is -12.6. The number of carboxylic acid groups (broad SMARTS) is 2. The Kier molecular flexibility index (Phi) is 31.7. The van der Waals surface area contributed by atoms with E-state index in [9.17, 15) is 63.3 Å². The number of imidazole rings is 1. The van der Waals surface area contributed by atoms with Gasteiger partial charge in [0.2, 0.25) is 53.2 Å². The van der Waals surface area contributed by atoms with Crippen LogP contribution in [0.4, 0.5) is 0 Å². The molecule has 5 rings (SSSR count). The molecule has 34 nitrogen and oxygen atoms in total. The van der Waals surface area contributed by atoms with Gasteiger partial charge in [-0.05, 0) is 93.3 Å². The number of fused-ring (bicyclic) bond motifs is 1. The van der Waals surface area contributed by atoms with Gasteiger partial charge in [0.1, 0.15) is 60.1 Å². The first-order valence-electron chi connectivity index (χ1n) is 31.5. The molecule has 2 aromatic heterocycles. The predicted octanol–water partition coefficient (Wildman–Crippen LogP) is -3.28. The van der Waals surface area contributed by atoms with E-state index in [0.29, 0.717) is 39.7 Å². The molecule has 0 unspecified atom stereocenters. The minimum absolute atomic E-state index is 0.00593. The largest absolute Gasteiger partial charge is 0.508 e. The van der Waals surface area contributed by atoms with Gasteiger partial charge in [-0.1, -0.05) is 60.7 Å². The van der Waals surface area contributed by atoms with Crippen molar-refractivity contribution in [3.63, 3.8) is 0 Å². The number of aliphatic carboxylic acids is 2. The van der Waals surface area contributed by atoms with Gasteiger partial charge in [-0.15, -0.1) is 0 Å². The number of phenols is 1. The highest BCUT2D eigenvalue weighted by Gasteiger charge is 2.36. The molecule has 0 aliphatic carbocycles. The lowest BCUT2D eigenvalue weighted by Crippen LogP contribution is -2.61. The quantitative estimate of drug-likeness (QED) is 0.00788. The first-order chi connectivity index (χ1) is 46.7. The first-order valence-corrected chi connectivity index (χ1v) is 32.1. The van der Waals surface area contributed by atoms with Gasteiger partial charge in [0.25, 0.3) is 0 Å². The number of aromatic amines is 2. The van der Waals surface area contributed by atoms with Gasteiger partial charge in [-0.2, -0.15) is 12.6 Å². The van der Waals surface area contributed by atoms with Crippen LogP contribution in [-0.2, 0) is 78.4 Å². The normalized spacial score (nSPS) is 14.1. The number of unbranched alkanes of at least 4 members (excludes halogenated alkanes) is 1. The second-order valence-corrected chi connectivity index (χ2v) is 23.4. The van der Waals surface area contributed by atoms with E-state index in [1.165, 1.54) is 37.5 Å². The van der Waals surface area contributed by atoms with Gasteiger partial charge >= 0.3 is 11.9 Å². The molecule has 35 heteroatoms. The summed E-state index contributed by atoms with van der Waals surface area (Å²) < 4.78 is 0. The van der Waals surface area contributed by atoms with E-state index >= 15 is 4.79 Å². The van der Waals surface area contributed by atoms with Crippen LogP contribution in [0.15, 0.2) is 97.6 Å². The predicted molar refractivity (Wildman–Crippen MR) is 362 cm³/mol. The summed E-state index contributed by atoms with van der Waals surface area (Å²) in [4.78, 5) is 163. The van der Waals surface area contributed by atoms with Gasteiger partial charge in [0, 0.05) is 67.8 Å². The highest BCUT2D eigenvalue weighted by atomic mass is 32.1. The van der Waals surface area contributed by atoms with Crippen LogP contribution < -0.4 is 81.4 Å². The second kappa shape index (κ2) is 39.9. The third-order valence-electron chi connectivity index (χ3n) is 15.4. The molecule has 0 saturated carbocycles. The van der Waals surface area contributed by atoms with Crippen LogP contribution in [0.25, 0.3) is 10.9 Å². The smallest absolute Gasteiger partial charge is 0.327 e. The number of aromatic hydroxyl groups is 1. The summed E-state index contributed by atoms with van der Waals surface area (Å²) in [6.07, 6.45) is 3.39. The topological polar surface area (TPSA) is 577 Å². The highest BCUT2D eigenvalue weighted by molar-refractivity contribution is 7.80. The summed E-state index contributed by atoms with van der Waals surface area (Å²) in [6.45, 7) is 1.49. The molecule has 0 saturated heterocycles. The van der Waals surface area contributed by atoms with E-state index in [1.54, 1.807) is 67.0 Å². The lowest BCUT2D eigenvalue weighted by atomic mass is 10.0. The number of carbonyl (C=O) groups is 11. The van der Waals surface area contributed by atoms with Crippen LogP contribution in [-0.4, -0.2) is 193 Å². The molecule has 2 heterocycles. The number of hydrogen-bond donors (Lipinski definition) is 23. The Labute approximate surface area is 569 Å². The number of H-pyrrole nitrogens is 2. The zero-order chi connectivity index (χ0) is 71.8. The number of hydrogen-bond acceptors (Lipinski definition) is 18. The summed E-state index contributed by atoms with van der Waals surface area (Å²) in [7, 11) is 0. The third-order valence-corrected chi connectivity index (χ3v) is 15.7. The SMILES string of the molecule is C[C@H](NC(=O)[C@@H](CC(=O)O)NC(=O)[C@H](Cc1ccccc1)NC(=O)[C@H](CCCCN)NC(=O)[C@H](Cc1c[nH]c2ccccc12)NC(=O)[C@@H](CCCNC(=N)N)NC(=O)[C@H](Cc1ccc(O)cc1)NC(=O)[C@@H](N)Cc1c[nH]cn1)C(=O)N[C@@H](CCCNC(=N)N)C(=O)N[C@@H](CS)C(=O)O. The number of carboxylic acids is 2. The number of benzene rings is 3. The average molecular weight is 1380 g/mol. The number of phenolic OH excluding ortho intramolecular Hbond substituents is 1. The van der Waals surface area contributed by atoms with Crippen LogP contribution in [0.3, 0.4) is 0 Å². The number of rotatable bonds is 42. The number of nitrogens with zero attached hydrogens (tertiary/aromatic N) is 1. The molecule has 26 N–H and O–H groups in total. The number of guanidine groups is 2. The number of thiol groups is 1. The monoisotopic (exact) mass is 1380 g/mol. The van der Waals surface area contributed by atoms with E-state index in [-0.39, 0.29) is 107 Å². The van der Waals surface area contributed by atoms with Crippen molar-refractivity contribution in [3.05, 3.63) is 120 Å². The molecule has 98 heavy (non-hydrogen) atoms. The van der Waals surface area contributed by atoms with Crippen molar-refractivity contribution >= 4 is 101 Å². The van der Waals surface area contributed by atoms with Gasteiger partial charge in [0.05, 0.1) is 24.5 Å². The average Bonchev–Trinajstić information content (AvgIpc) is 1.63. The van der Waals surface area contributed by atoms with E-state index < -0.39 is 132 Å². The summed E-state index contributed by atoms with van der Waals surface area (Å²) in [5.41, 5.74) is 25.7. The molecular formula is C63H88N20O14S. The molecule has 3 aromatic carbocycles. The molecule has 0 radical (unpaired) electrons. The zero-order valence-electron chi connectivity index (χ0n) is 53.9. The van der Waals surface area contributed by atoms with E-state index in [0.717, 1.165) is 0 Å². The Morgan fingerprint density at radius 3 is 1.50 bits per heavy atom. The minimum Gasteiger partial charge on any atom is -0.508 e. The highest BCUT2D eigenvalue weighted by Crippen LogP contribution is 2.21. The van der Waals surface area contributed by atoms with E-state index in [2.05, 4.69) is 86.1 Å². The van der Waals surface area contributed by atoms with Crippen molar-refractivity contribution in [2.45, 2.75) is 144 Å². The molecule has 530 valence electrons. The Balaban J connectivity index is 1.44. The molecule has 0 aliphatic rings. The molecule has 0 fully saturated rings. The van der Waals surface area contributed by atoms with Crippen molar-refractivity contribution in [2.24, 2.45) is 22.9 Å². The maximum Gasteiger partial charge on any atom is 0.327 e. The van der Waals surface area contributed by atoms with Crippen LogP contribution in [0.1, 0.15) is 80.7 Å². The Morgan fingerprint density at radius 2 is 0.990 bits per heavy atom. The summed E-state index contributed by atoms with van der Waals surface area (Å²) in [5, 5.41) is 73.5. The van der Waals surface area contributed by atoms with Crippen molar-refractivity contribution in [3.8, 4) is 5.75 Å². The number of carbonyl (C=O) groups excluding carboxylic acids is 9. The fourth-order valence-corrected chi connectivity index (χ4v) is 10.3. The van der Waals surface area contributed by atoms with Gasteiger partial charge in [0.15, 0.2) is 11.9 Å². The standard InChI is InChI=1S/C63H88N20O14S/c1-34(52(87)76-44(16-9-23-71-62(66)67)56(91)83-50(32-98)61(96)97)75-57(92)49(29-51(85)86)82-59(94)47(25-35-11-3-2-4-12-35)80-54(89)43(15-7-8-22-64)77-60(95)48(27-37-30-73-42-14-6-5-13-40(37)42)81-55(90)45(17-10-24-72-63(68)69)78-58(93)46(26-36-18-20-39(84)21-19-36)79-53(88)41(65)28-38-31-70-33-74-38/h2-6,11-14,18-21,30-31,33-34,41,43-50,73,84,98H,7-10,15-17,22-29,32,64-65H2,1H3,(H,70,74)(H,75,92)(H,76,87)(H,77,95)(H,78,93)(H,79,88)(H,80,89)(H,81,90)(H,82,94)(H,83,91)(H,85,86)(H,96,97)(H4,66,67,71)(H4,68,69,72)/t34-,41-,43-,44-,45+,46-,47-,48-,49+,50-/m0/s1. The second-order valence-electron chi connectivity index (χ2n) is 23.1. The van der Waals surface area contributed by atoms with Crippen molar-refractivity contribution in [1.82, 2.24) is 73.4 Å². The van der Waals surface area contributed by atoms with Crippen LogP contribution in [0, 0.1) is 10.8 Å². The van der Waals surface area contributed by atoms with E-state index in [1.807, 2.05) is 0 Å².